The summed E-state index contributed by atoms with van der Waals surface area (Å²) in [6.45, 7) is 5.99. The Morgan fingerprint density at radius 1 is 1.35 bits per heavy atom. The van der Waals surface area contributed by atoms with E-state index in [4.69, 9.17) is 0 Å². The van der Waals surface area contributed by atoms with Crippen molar-refractivity contribution in [1.82, 2.24) is 15.4 Å². The van der Waals surface area contributed by atoms with Crippen molar-refractivity contribution in [3.8, 4) is 0 Å². The van der Waals surface area contributed by atoms with Crippen LogP contribution in [0.4, 0.5) is 0 Å². The number of thiazole rings is 1. The van der Waals surface area contributed by atoms with Crippen LogP contribution in [0.15, 0.2) is 40.9 Å². The van der Waals surface area contributed by atoms with Gasteiger partial charge in [-0.1, -0.05) is 32.0 Å². The quantitative estimate of drug-likeness (QED) is 0.564. The van der Waals surface area contributed by atoms with Gasteiger partial charge >= 0.3 is 0 Å². The highest BCUT2D eigenvalue weighted by Crippen LogP contribution is 2.29. The first kappa shape index (κ1) is 15.4. The van der Waals surface area contributed by atoms with E-state index < -0.39 is 0 Å². The molecule has 0 aliphatic rings. The number of H-pyrrole nitrogens is 1. The molecule has 0 spiro atoms. The highest BCUT2D eigenvalue weighted by atomic mass is 32.1. The van der Waals surface area contributed by atoms with Gasteiger partial charge in [0, 0.05) is 22.5 Å². The number of para-hydroxylation sites is 1. The minimum absolute atomic E-state index is 0.232. The van der Waals surface area contributed by atoms with Gasteiger partial charge in [-0.05, 0) is 24.5 Å². The summed E-state index contributed by atoms with van der Waals surface area (Å²) in [5.41, 5.74) is 5.86. The summed E-state index contributed by atoms with van der Waals surface area (Å²) in [5.74, 6) is -0.00301. The van der Waals surface area contributed by atoms with E-state index in [1.807, 2.05) is 36.6 Å². The molecule has 118 valence electrons. The minimum Gasteiger partial charge on any atom is -0.350 e. The summed E-state index contributed by atoms with van der Waals surface area (Å²) < 4.78 is 0. The van der Waals surface area contributed by atoms with Gasteiger partial charge in [-0.15, -0.1) is 11.3 Å². The monoisotopic (exact) mass is 326 g/mol. The fraction of sp³-hybridized carbons (Fsp3) is 0.235. The van der Waals surface area contributed by atoms with Gasteiger partial charge in [-0.3, -0.25) is 4.79 Å². The zero-order valence-corrected chi connectivity index (χ0v) is 14.1. The first-order chi connectivity index (χ1) is 11.1. The molecule has 0 unspecified atom stereocenters. The molecular weight excluding hydrogens is 308 g/mol. The van der Waals surface area contributed by atoms with Crippen LogP contribution in [0, 0.1) is 0 Å². The Labute approximate surface area is 138 Å². The van der Waals surface area contributed by atoms with E-state index >= 15 is 0 Å². The molecule has 0 atom stereocenters. The maximum atomic E-state index is 12.5. The van der Waals surface area contributed by atoms with Crippen LogP contribution in [-0.2, 0) is 0 Å². The number of aromatic nitrogens is 2. The van der Waals surface area contributed by atoms with Crippen LogP contribution >= 0.6 is 11.3 Å². The molecule has 1 amide bonds. The van der Waals surface area contributed by atoms with Gasteiger partial charge in [0.2, 0.25) is 0 Å². The molecule has 0 radical (unpaired) electrons. The number of fused-ring (bicyclic) bond motifs is 1. The molecule has 0 saturated heterocycles. The van der Waals surface area contributed by atoms with Crippen molar-refractivity contribution in [2.75, 3.05) is 0 Å². The van der Waals surface area contributed by atoms with Crippen molar-refractivity contribution in [1.29, 1.82) is 0 Å². The van der Waals surface area contributed by atoms with Crippen LogP contribution in [-0.4, -0.2) is 21.6 Å². The summed E-state index contributed by atoms with van der Waals surface area (Å²) in [6.07, 6.45) is 1.72. The van der Waals surface area contributed by atoms with Crippen molar-refractivity contribution < 1.29 is 4.79 Å². The molecule has 5 nitrogen and oxygen atoms in total. The summed E-state index contributed by atoms with van der Waals surface area (Å²) >= 11 is 1.49. The number of carbonyl (C=O) groups is 1. The number of rotatable bonds is 4. The van der Waals surface area contributed by atoms with Crippen molar-refractivity contribution in [3.63, 3.8) is 0 Å². The van der Waals surface area contributed by atoms with Gasteiger partial charge in [0.1, 0.15) is 10.7 Å². The molecule has 3 aromatic rings. The molecule has 1 aromatic carbocycles. The fourth-order valence-electron chi connectivity index (χ4n) is 2.58. The van der Waals surface area contributed by atoms with Gasteiger partial charge in [0.15, 0.2) is 0 Å². The molecule has 0 aliphatic heterocycles. The maximum Gasteiger partial charge on any atom is 0.288 e. The van der Waals surface area contributed by atoms with Crippen LogP contribution in [0.25, 0.3) is 10.9 Å². The molecule has 0 bridgehead atoms. The molecule has 0 fully saturated rings. The number of benzene rings is 1. The van der Waals surface area contributed by atoms with Crippen LogP contribution < -0.4 is 5.43 Å². The molecule has 3 rings (SSSR count). The van der Waals surface area contributed by atoms with Crippen LogP contribution in [0.1, 0.15) is 47.7 Å². The molecule has 6 heteroatoms. The van der Waals surface area contributed by atoms with E-state index in [2.05, 4.69) is 34.3 Å². The van der Waals surface area contributed by atoms with E-state index in [0.29, 0.717) is 11.4 Å². The SMILES string of the molecule is CC(=NNC(=O)c1[nH]c2ccccc2c1C(C)C)c1nccs1. The Balaban J connectivity index is 1.92. The lowest BCUT2D eigenvalue weighted by Gasteiger charge is -2.07. The summed E-state index contributed by atoms with van der Waals surface area (Å²) in [5, 5.41) is 7.91. The first-order valence-corrected chi connectivity index (χ1v) is 8.31. The van der Waals surface area contributed by atoms with Gasteiger partial charge < -0.3 is 4.98 Å². The Bertz CT molecular complexity index is 862. The fourth-order valence-corrected chi connectivity index (χ4v) is 3.17. The second-order valence-corrected chi connectivity index (χ2v) is 6.48. The van der Waals surface area contributed by atoms with Crippen molar-refractivity contribution >= 4 is 33.9 Å². The largest absolute Gasteiger partial charge is 0.350 e. The Hall–Kier alpha value is -2.47. The summed E-state index contributed by atoms with van der Waals surface area (Å²) in [6, 6.07) is 7.94. The number of hydrogen-bond acceptors (Lipinski definition) is 4. The molecule has 0 aliphatic carbocycles. The number of hydrazone groups is 1. The van der Waals surface area contributed by atoms with Gasteiger partial charge in [0.25, 0.3) is 5.91 Å². The molecule has 23 heavy (non-hydrogen) atoms. The second kappa shape index (κ2) is 6.34. The lowest BCUT2D eigenvalue weighted by Crippen LogP contribution is -2.21. The van der Waals surface area contributed by atoms with Crippen molar-refractivity contribution in [2.45, 2.75) is 26.7 Å². The smallest absolute Gasteiger partial charge is 0.288 e. The van der Waals surface area contributed by atoms with Gasteiger partial charge in [0.05, 0.1) is 5.71 Å². The zero-order valence-electron chi connectivity index (χ0n) is 13.3. The summed E-state index contributed by atoms with van der Waals surface area (Å²) in [7, 11) is 0. The second-order valence-electron chi connectivity index (χ2n) is 5.59. The average molecular weight is 326 g/mol. The van der Waals surface area contributed by atoms with Crippen molar-refractivity contribution in [2.24, 2.45) is 5.10 Å². The maximum absolute atomic E-state index is 12.5. The number of amides is 1. The van der Waals surface area contributed by atoms with Gasteiger partial charge in [-0.25, -0.2) is 10.4 Å². The van der Waals surface area contributed by atoms with Crippen molar-refractivity contribution in [3.05, 3.63) is 52.1 Å². The van der Waals surface area contributed by atoms with E-state index in [0.717, 1.165) is 21.5 Å². The third kappa shape index (κ3) is 3.03. The standard InChI is InChI=1S/C17H18N4OS/c1-10(2)14-12-6-4-5-7-13(12)19-15(14)16(22)21-20-11(3)17-18-8-9-23-17/h4-10,19H,1-3H3,(H,21,22). The number of nitrogens with zero attached hydrogens (tertiary/aromatic N) is 2. The first-order valence-electron chi connectivity index (χ1n) is 7.43. The van der Waals surface area contributed by atoms with Crippen LogP contribution in [0.3, 0.4) is 0 Å². The summed E-state index contributed by atoms with van der Waals surface area (Å²) in [4.78, 5) is 19.9. The molecule has 0 saturated carbocycles. The zero-order chi connectivity index (χ0) is 16.4. The molecular formula is C17H18N4OS. The third-order valence-corrected chi connectivity index (χ3v) is 4.50. The molecule has 2 heterocycles. The van der Waals surface area contributed by atoms with Crippen LogP contribution in [0.2, 0.25) is 0 Å². The van der Waals surface area contributed by atoms with E-state index in [9.17, 15) is 4.79 Å². The number of hydrogen-bond donors (Lipinski definition) is 2. The topological polar surface area (TPSA) is 70.1 Å². The number of carbonyl (C=O) groups excluding carboxylic acids is 1. The molecule has 2 N–H and O–H groups in total. The predicted octanol–water partition coefficient (Wildman–Crippen LogP) is 3.90. The number of nitrogens with one attached hydrogen (secondary N) is 2. The Morgan fingerprint density at radius 3 is 2.83 bits per heavy atom. The lowest BCUT2D eigenvalue weighted by atomic mass is 9.99. The van der Waals surface area contributed by atoms with Gasteiger partial charge in [-0.2, -0.15) is 5.10 Å². The normalized spacial score (nSPS) is 12.1. The highest BCUT2D eigenvalue weighted by Gasteiger charge is 2.19. The van der Waals surface area contributed by atoms with Crippen LogP contribution in [0.5, 0.6) is 0 Å². The van der Waals surface area contributed by atoms with E-state index in [-0.39, 0.29) is 11.8 Å². The van der Waals surface area contributed by atoms with E-state index in [1.165, 1.54) is 11.3 Å². The Morgan fingerprint density at radius 2 is 2.13 bits per heavy atom. The lowest BCUT2D eigenvalue weighted by molar-refractivity contribution is 0.0949. The number of aromatic amines is 1. The minimum atomic E-state index is -0.235. The van der Waals surface area contributed by atoms with E-state index in [1.54, 1.807) is 6.20 Å². The predicted molar refractivity (Wildman–Crippen MR) is 94.2 cm³/mol. The molecule has 2 aromatic heterocycles. The third-order valence-electron chi connectivity index (χ3n) is 3.62. The Kier molecular flexibility index (Phi) is 4.25. The average Bonchev–Trinajstić information content (AvgIpc) is 3.19. The highest BCUT2D eigenvalue weighted by molar-refractivity contribution is 7.11.